The van der Waals surface area contributed by atoms with E-state index in [1.54, 1.807) is 18.2 Å². The van der Waals surface area contributed by atoms with Crippen molar-refractivity contribution in [2.75, 3.05) is 5.73 Å². The molecule has 3 heterocycles. The highest BCUT2D eigenvalue weighted by molar-refractivity contribution is 6.28. The number of imidazole rings is 1. The zero-order valence-electron chi connectivity index (χ0n) is 17.1. The van der Waals surface area contributed by atoms with Gasteiger partial charge in [0.15, 0.2) is 23.4 Å². The van der Waals surface area contributed by atoms with Crippen molar-refractivity contribution in [2.24, 2.45) is 0 Å². The number of carboxylic acid groups (broad SMARTS) is 2. The number of halogens is 2. The molecule has 1 aromatic carbocycles. The molecule has 1 saturated carbocycles. The topological polar surface area (TPSA) is 183 Å². The third-order valence-corrected chi connectivity index (χ3v) is 6.23. The normalized spacial score (nSPS) is 28.1. The lowest BCUT2D eigenvalue weighted by atomic mass is 9.94. The average molecular weight is 494 g/mol. The van der Waals surface area contributed by atoms with Crippen LogP contribution in [0.15, 0.2) is 36.7 Å². The fourth-order valence-electron chi connectivity index (χ4n) is 4.22. The Morgan fingerprint density at radius 2 is 1.94 bits per heavy atom. The van der Waals surface area contributed by atoms with Gasteiger partial charge in [0.1, 0.15) is 23.8 Å². The van der Waals surface area contributed by atoms with Crippen molar-refractivity contribution >= 4 is 40.5 Å². The highest BCUT2D eigenvalue weighted by Crippen LogP contribution is 2.59. The summed E-state index contributed by atoms with van der Waals surface area (Å²) in [6.45, 7) is 0. The molecule has 2 fully saturated rings. The van der Waals surface area contributed by atoms with Crippen molar-refractivity contribution in [3.05, 3.63) is 47.5 Å². The van der Waals surface area contributed by atoms with Gasteiger partial charge in [-0.15, -0.1) is 0 Å². The van der Waals surface area contributed by atoms with Crippen LogP contribution in [0.3, 0.4) is 0 Å². The zero-order chi connectivity index (χ0) is 24.4. The summed E-state index contributed by atoms with van der Waals surface area (Å²) in [5, 5.41) is 30.0. The molecule has 2 aromatic heterocycles. The number of nitrogens with two attached hydrogens (primary N) is 1. The predicted molar refractivity (Wildman–Crippen MR) is 112 cm³/mol. The molecule has 12 nitrogen and oxygen atoms in total. The lowest BCUT2D eigenvalue weighted by molar-refractivity contribution is -0.194. The van der Waals surface area contributed by atoms with Crippen molar-refractivity contribution < 1.29 is 38.8 Å². The molecule has 1 unspecified atom stereocenters. The summed E-state index contributed by atoms with van der Waals surface area (Å²) in [5.74, 6) is -3.66. The number of nitrogens with zero attached hydrogens (tertiary/aromatic N) is 4. The van der Waals surface area contributed by atoms with Crippen LogP contribution < -0.4 is 5.73 Å². The summed E-state index contributed by atoms with van der Waals surface area (Å²) >= 11 is 5.83. The Kier molecular flexibility index (Phi) is 4.98. The van der Waals surface area contributed by atoms with Gasteiger partial charge in [-0.2, -0.15) is 9.97 Å². The van der Waals surface area contributed by atoms with Crippen molar-refractivity contribution in [1.82, 2.24) is 19.5 Å². The largest absolute Gasteiger partial charge is 0.479 e. The molecular formula is C20H17ClFN5O7. The number of ether oxygens (including phenoxy) is 2. The number of carboxylic acids is 2. The number of carbonyl (C=O) groups is 2. The molecule has 34 heavy (non-hydrogen) atoms. The lowest BCUT2D eigenvalue weighted by Crippen LogP contribution is -2.53. The molecule has 0 spiro atoms. The van der Waals surface area contributed by atoms with Crippen LogP contribution in [-0.2, 0) is 25.5 Å². The Labute approximate surface area is 194 Å². The fourth-order valence-corrected chi connectivity index (χ4v) is 4.39. The van der Waals surface area contributed by atoms with Gasteiger partial charge in [0.05, 0.1) is 6.33 Å². The van der Waals surface area contributed by atoms with Crippen LogP contribution in [0.4, 0.5) is 10.2 Å². The molecule has 3 aromatic rings. The minimum atomic E-state index is -2.80. The summed E-state index contributed by atoms with van der Waals surface area (Å²) in [4.78, 5) is 35.8. The number of benzene rings is 1. The van der Waals surface area contributed by atoms with Crippen LogP contribution in [0.25, 0.3) is 11.2 Å². The molecule has 5 atom stereocenters. The van der Waals surface area contributed by atoms with Crippen LogP contribution in [0.1, 0.15) is 11.8 Å². The van der Waals surface area contributed by atoms with Crippen molar-refractivity contribution in [2.45, 2.75) is 42.2 Å². The van der Waals surface area contributed by atoms with Gasteiger partial charge in [-0.25, -0.2) is 19.0 Å². The third-order valence-electron chi connectivity index (χ3n) is 6.06. The SMILES string of the molecule is Nc1nc(Cl)nc2c1ncn2[C@@H]1O[C@@H]2C(OC(Cc3ccccc3)(C(=O)O)C(=O)O)[C@]2(F)[C@H]1O. The van der Waals surface area contributed by atoms with Crippen LogP contribution in [-0.4, -0.2) is 76.4 Å². The quantitative estimate of drug-likeness (QED) is 0.266. The van der Waals surface area contributed by atoms with E-state index >= 15 is 4.39 Å². The van der Waals surface area contributed by atoms with Gasteiger partial charge < -0.3 is 30.5 Å². The van der Waals surface area contributed by atoms with Gasteiger partial charge >= 0.3 is 11.9 Å². The number of fused-ring (bicyclic) bond motifs is 2. The molecule has 1 aliphatic carbocycles. The zero-order valence-corrected chi connectivity index (χ0v) is 17.8. The first-order valence-corrected chi connectivity index (χ1v) is 10.3. The third kappa shape index (κ3) is 3.12. The second-order valence-corrected chi connectivity index (χ2v) is 8.40. The highest BCUT2D eigenvalue weighted by Gasteiger charge is 2.81. The number of aliphatic hydroxyl groups is 1. The van der Waals surface area contributed by atoms with Crippen LogP contribution in [0.2, 0.25) is 5.28 Å². The molecule has 5 rings (SSSR count). The van der Waals surface area contributed by atoms with E-state index in [4.69, 9.17) is 26.8 Å². The van der Waals surface area contributed by atoms with E-state index in [9.17, 15) is 24.9 Å². The number of rotatable bonds is 7. The van der Waals surface area contributed by atoms with E-state index in [-0.39, 0.29) is 22.3 Å². The molecule has 5 N–H and O–H groups in total. The molecule has 178 valence electrons. The summed E-state index contributed by atoms with van der Waals surface area (Å²) in [6, 6.07) is 7.91. The van der Waals surface area contributed by atoms with Crippen molar-refractivity contribution in [3.8, 4) is 0 Å². The lowest BCUT2D eigenvalue weighted by Gasteiger charge is -2.28. The number of aromatic nitrogens is 4. The second kappa shape index (κ2) is 7.56. The predicted octanol–water partition coefficient (Wildman–Crippen LogP) is 0.578. The fraction of sp³-hybridized carbons (Fsp3) is 0.350. The summed E-state index contributed by atoms with van der Waals surface area (Å²) in [7, 11) is 0. The number of aliphatic carboxylic acids is 2. The summed E-state index contributed by atoms with van der Waals surface area (Å²) in [5.41, 5.74) is 0.970. The van der Waals surface area contributed by atoms with E-state index < -0.39 is 54.2 Å². The maximum atomic E-state index is 15.7. The number of nitrogen functional groups attached to an aromatic ring is 1. The summed E-state index contributed by atoms with van der Waals surface area (Å²) in [6.07, 6.45) is -5.65. The molecule has 14 heteroatoms. The van der Waals surface area contributed by atoms with Gasteiger partial charge in [0.2, 0.25) is 5.28 Å². The minimum Gasteiger partial charge on any atom is -0.479 e. The molecule has 0 bridgehead atoms. The van der Waals surface area contributed by atoms with Crippen LogP contribution in [0.5, 0.6) is 0 Å². The molecule has 1 saturated heterocycles. The van der Waals surface area contributed by atoms with Gasteiger partial charge in [-0.1, -0.05) is 30.3 Å². The second-order valence-electron chi connectivity index (χ2n) is 8.06. The number of anilines is 1. The van der Waals surface area contributed by atoms with Crippen molar-refractivity contribution in [3.63, 3.8) is 0 Å². The first kappa shape index (κ1) is 22.4. The van der Waals surface area contributed by atoms with E-state index in [1.807, 2.05) is 0 Å². The Bertz CT molecular complexity index is 1290. The summed E-state index contributed by atoms with van der Waals surface area (Å²) < 4.78 is 27.9. The van der Waals surface area contributed by atoms with E-state index in [1.165, 1.54) is 23.0 Å². The maximum absolute atomic E-state index is 15.7. The Balaban J connectivity index is 1.42. The van der Waals surface area contributed by atoms with Gasteiger partial charge in [-0.05, 0) is 17.2 Å². The van der Waals surface area contributed by atoms with Crippen LogP contribution in [0, 0.1) is 0 Å². The first-order chi connectivity index (χ1) is 16.1. The maximum Gasteiger partial charge on any atom is 0.348 e. The van der Waals surface area contributed by atoms with Gasteiger partial charge in [0.25, 0.3) is 5.60 Å². The standard InChI is InChI=1S/C20H17ClFN5O7/c21-18-25-13(23)9-14(26-18)27(7-24-9)15-10(28)20(22)11(33-15)12(20)34-19(16(29)30,17(31)32)6-8-4-2-1-3-5-8/h1-5,7,10-12,15,28H,6H2,(H,29,30)(H,31,32)(H2,23,25,26)/t10-,11+,12?,15+,20-/m0/s1. The highest BCUT2D eigenvalue weighted by atomic mass is 35.5. The molecule has 1 aliphatic heterocycles. The van der Waals surface area contributed by atoms with Gasteiger partial charge in [-0.3, -0.25) is 4.57 Å². The number of hydrogen-bond acceptors (Lipinski definition) is 9. The first-order valence-electron chi connectivity index (χ1n) is 9.96. The minimum absolute atomic E-state index is 0.0313. The van der Waals surface area contributed by atoms with Gasteiger partial charge in [0, 0.05) is 6.42 Å². The molecular weight excluding hydrogens is 477 g/mol. The average Bonchev–Trinajstić information content (AvgIpc) is 3.05. The smallest absolute Gasteiger partial charge is 0.348 e. The number of aliphatic hydroxyl groups excluding tert-OH is 1. The molecule has 0 radical (unpaired) electrons. The Hall–Kier alpha value is -3.39. The van der Waals surface area contributed by atoms with Crippen LogP contribution >= 0.6 is 11.6 Å². The Morgan fingerprint density at radius 3 is 2.53 bits per heavy atom. The van der Waals surface area contributed by atoms with E-state index in [2.05, 4.69) is 15.0 Å². The molecule has 0 amide bonds. The monoisotopic (exact) mass is 493 g/mol. The van der Waals surface area contributed by atoms with Crippen molar-refractivity contribution in [1.29, 1.82) is 0 Å². The Morgan fingerprint density at radius 1 is 1.26 bits per heavy atom. The molecule has 2 aliphatic rings. The number of alkyl halides is 1. The number of hydrogen-bond donors (Lipinski definition) is 4. The van der Waals surface area contributed by atoms with E-state index in [0.717, 1.165) is 0 Å². The van der Waals surface area contributed by atoms with E-state index in [0.29, 0.717) is 5.56 Å².